The predicted molar refractivity (Wildman–Crippen MR) is 186 cm³/mol. The number of hydrogen-bond acceptors (Lipinski definition) is 13. The molecule has 298 valence electrons. The number of aliphatic hydroxyl groups is 8. The molecular weight excluding hydrogens is 676 g/mol. The van der Waals surface area contributed by atoms with Crippen LogP contribution < -0.4 is 0 Å². The van der Waals surface area contributed by atoms with Crippen molar-refractivity contribution in [2.75, 3.05) is 13.2 Å². The third kappa shape index (κ3) is 7.20. The molecule has 13 heteroatoms. The van der Waals surface area contributed by atoms with E-state index in [1.807, 2.05) is 13.8 Å². The number of rotatable bonds is 11. The Labute approximate surface area is 307 Å². The summed E-state index contributed by atoms with van der Waals surface area (Å²) in [5.41, 5.74) is 1.12. The highest BCUT2D eigenvalue weighted by Crippen LogP contribution is 2.66. The number of Topliss-reactive ketones (excluding diaryl/α,β-unsaturated/α-hetero) is 1. The van der Waals surface area contributed by atoms with Gasteiger partial charge in [0.05, 0.1) is 24.9 Å². The van der Waals surface area contributed by atoms with Gasteiger partial charge in [-0.3, -0.25) is 4.79 Å². The van der Waals surface area contributed by atoms with Crippen molar-refractivity contribution in [3.63, 3.8) is 0 Å². The Morgan fingerprint density at radius 1 is 0.865 bits per heavy atom. The summed E-state index contributed by atoms with van der Waals surface area (Å²) >= 11 is 0. The lowest BCUT2D eigenvalue weighted by atomic mass is 9.47. The first-order valence-electron chi connectivity index (χ1n) is 19.7. The minimum Gasteiger partial charge on any atom is -0.396 e. The summed E-state index contributed by atoms with van der Waals surface area (Å²) in [7, 11) is 0. The van der Waals surface area contributed by atoms with Crippen LogP contribution >= 0.6 is 0 Å². The maximum Gasteiger partial charge on any atom is 0.187 e. The van der Waals surface area contributed by atoms with Crippen LogP contribution in [0.2, 0.25) is 0 Å². The lowest BCUT2D eigenvalue weighted by molar-refractivity contribution is -0.371. The molecule has 0 aromatic heterocycles. The molecule has 0 aromatic rings. The summed E-state index contributed by atoms with van der Waals surface area (Å²) < 4.78 is 24.4. The topological polar surface area (TPSA) is 216 Å². The standard InChI is InChI=1S/C39H64O13/c1-18(16-40)6-9-27(50-37-35(33(47)31(45)28(17-41)51-37)52-36-34(48)32(46)30(44)20(3)49-36)19(2)29-26(43)15-25-23-8-7-21-14-22(42)10-12-38(21,4)24(23)11-13-39(25,29)5/h7,18-20,22-25,27-37,40-42,44-48H,6,8-17H2,1-5H3/t18-,19-,20+,22+,23-,24+,25+,27+,28-,29+,30+,31-,32-,33+,34-,35-,36+,37-,38+,39+/m1/s1. The Bertz CT molecular complexity index is 1280. The zero-order chi connectivity index (χ0) is 37.9. The maximum absolute atomic E-state index is 14.3. The van der Waals surface area contributed by atoms with Crippen LogP contribution in [0, 0.1) is 46.3 Å². The summed E-state index contributed by atoms with van der Waals surface area (Å²) in [6.45, 7) is 9.38. The monoisotopic (exact) mass is 740 g/mol. The van der Waals surface area contributed by atoms with Gasteiger partial charge >= 0.3 is 0 Å². The van der Waals surface area contributed by atoms with Crippen molar-refractivity contribution in [2.45, 2.75) is 166 Å². The van der Waals surface area contributed by atoms with Crippen LogP contribution in [-0.2, 0) is 23.7 Å². The van der Waals surface area contributed by atoms with Gasteiger partial charge in [-0.1, -0.05) is 39.3 Å². The van der Waals surface area contributed by atoms with Gasteiger partial charge in [0.2, 0.25) is 0 Å². The Morgan fingerprint density at radius 2 is 1.60 bits per heavy atom. The number of ether oxygens (including phenoxy) is 4. The minimum atomic E-state index is -1.69. The third-order valence-electron chi connectivity index (χ3n) is 14.6. The van der Waals surface area contributed by atoms with Crippen molar-refractivity contribution in [1.82, 2.24) is 0 Å². The van der Waals surface area contributed by atoms with E-state index >= 15 is 0 Å². The molecule has 0 unspecified atom stereocenters. The summed E-state index contributed by atoms with van der Waals surface area (Å²) in [5, 5.41) is 83.9. The van der Waals surface area contributed by atoms with Gasteiger partial charge in [0.25, 0.3) is 0 Å². The Hall–Kier alpha value is -1.07. The molecule has 0 spiro atoms. The molecule has 52 heavy (non-hydrogen) atoms. The van der Waals surface area contributed by atoms with Crippen LogP contribution in [0.1, 0.15) is 92.4 Å². The van der Waals surface area contributed by atoms with Crippen LogP contribution in [0.5, 0.6) is 0 Å². The molecule has 0 bridgehead atoms. The van der Waals surface area contributed by atoms with Crippen LogP contribution in [0.15, 0.2) is 11.6 Å². The van der Waals surface area contributed by atoms with Gasteiger partial charge in [0, 0.05) is 18.9 Å². The van der Waals surface area contributed by atoms with Gasteiger partial charge in [-0.05, 0) is 98.7 Å². The second-order valence-corrected chi connectivity index (χ2v) is 17.7. The van der Waals surface area contributed by atoms with E-state index in [1.54, 1.807) is 0 Å². The van der Waals surface area contributed by atoms with E-state index in [-0.39, 0.29) is 53.0 Å². The quantitative estimate of drug-likeness (QED) is 0.140. The first kappa shape index (κ1) is 40.6. The highest BCUT2D eigenvalue weighted by Gasteiger charge is 2.63. The number of carbonyl (C=O) groups is 1. The molecule has 0 aromatic carbocycles. The number of allylic oxidation sites excluding steroid dienone is 1. The van der Waals surface area contributed by atoms with Gasteiger partial charge in [-0.2, -0.15) is 0 Å². The van der Waals surface area contributed by atoms with Crippen molar-refractivity contribution in [2.24, 2.45) is 46.3 Å². The molecule has 2 heterocycles. The zero-order valence-electron chi connectivity index (χ0n) is 31.4. The molecule has 0 amide bonds. The van der Waals surface area contributed by atoms with Crippen molar-refractivity contribution >= 4 is 5.78 Å². The maximum atomic E-state index is 14.3. The first-order chi connectivity index (χ1) is 24.5. The molecule has 4 aliphatic carbocycles. The largest absolute Gasteiger partial charge is 0.396 e. The zero-order valence-corrected chi connectivity index (χ0v) is 31.4. The number of fused-ring (bicyclic) bond motifs is 5. The van der Waals surface area contributed by atoms with Crippen molar-refractivity contribution in [3.8, 4) is 0 Å². The Kier molecular flexibility index (Phi) is 12.3. The van der Waals surface area contributed by atoms with E-state index < -0.39 is 74.1 Å². The van der Waals surface area contributed by atoms with E-state index in [1.165, 1.54) is 12.5 Å². The average Bonchev–Trinajstić information content (AvgIpc) is 3.39. The number of carbonyl (C=O) groups excluding carboxylic acids is 1. The molecule has 13 nitrogen and oxygen atoms in total. The average molecular weight is 741 g/mol. The normalized spacial score (nSPS) is 49.7. The van der Waals surface area contributed by atoms with Gasteiger partial charge < -0.3 is 59.8 Å². The molecular formula is C39H64O13. The fourth-order valence-corrected chi connectivity index (χ4v) is 11.3. The summed E-state index contributed by atoms with van der Waals surface area (Å²) in [6.07, 6.45) is -6.24. The summed E-state index contributed by atoms with van der Waals surface area (Å²) in [6, 6.07) is 0. The minimum absolute atomic E-state index is 0.0336. The van der Waals surface area contributed by atoms with Crippen LogP contribution in [-0.4, -0.2) is 133 Å². The van der Waals surface area contributed by atoms with E-state index in [0.717, 1.165) is 38.5 Å². The lowest BCUT2D eigenvalue weighted by Gasteiger charge is -2.58. The lowest BCUT2D eigenvalue weighted by Crippen LogP contribution is -2.64. The molecule has 2 saturated heterocycles. The fourth-order valence-electron chi connectivity index (χ4n) is 11.3. The molecule has 6 aliphatic rings. The van der Waals surface area contributed by atoms with E-state index in [4.69, 9.17) is 18.9 Å². The molecule has 20 atom stereocenters. The van der Waals surface area contributed by atoms with E-state index in [9.17, 15) is 45.6 Å². The Balaban J connectivity index is 1.27. The highest BCUT2D eigenvalue weighted by atomic mass is 16.8. The first-order valence-corrected chi connectivity index (χ1v) is 19.7. The molecule has 6 rings (SSSR count). The molecule has 8 N–H and O–H groups in total. The Morgan fingerprint density at radius 3 is 2.29 bits per heavy atom. The summed E-state index contributed by atoms with van der Waals surface area (Å²) in [4.78, 5) is 14.3. The van der Waals surface area contributed by atoms with Crippen molar-refractivity contribution < 1.29 is 64.6 Å². The van der Waals surface area contributed by atoms with Gasteiger partial charge in [-0.25, -0.2) is 0 Å². The van der Waals surface area contributed by atoms with Crippen LogP contribution in [0.25, 0.3) is 0 Å². The van der Waals surface area contributed by atoms with E-state index in [0.29, 0.717) is 31.1 Å². The van der Waals surface area contributed by atoms with Gasteiger partial charge in [0.15, 0.2) is 12.6 Å². The molecule has 2 aliphatic heterocycles. The molecule has 0 radical (unpaired) electrons. The number of aliphatic hydroxyl groups excluding tert-OH is 8. The van der Waals surface area contributed by atoms with Crippen molar-refractivity contribution in [3.05, 3.63) is 11.6 Å². The SMILES string of the molecule is C[C@@H](CO)CC[C@H](O[C@@H]1O[C@H](CO)[C@@H](O)[C@H](O)[C@H]1O[C@@H]1O[C@@H](C)[C@H](O)[C@@H](O)[C@H]1O)[C@@H](C)[C@H]1C(=O)C[C@H]2[C@@H]3CC=C4C[C@@H](O)CC[C@]4(C)[C@H]3CC[C@]12C. The second-order valence-electron chi connectivity index (χ2n) is 17.7. The number of ketones is 1. The van der Waals surface area contributed by atoms with Gasteiger partial charge in [-0.15, -0.1) is 0 Å². The molecule has 5 fully saturated rings. The van der Waals surface area contributed by atoms with Crippen LogP contribution in [0.3, 0.4) is 0 Å². The second kappa shape index (κ2) is 15.8. The predicted octanol–water partition coefficient (Wildman–Crippen LogP) is 1.19. The highest BCUT2D eigenvalue weighted by molar-refractivity contribution is 5.85. The molecule has 3 saturated carbocycles. The van der Waals surface area contributed by atoms with E-state index in [2.05, 4.69) is 19.9 Å². The van der Waals surface area contributed by atoms with Crippen molar-refractivity contribution in [1.29, 1.82) is 0 Å². The fraction of sp³-hybridized carbons (Fsp3) is 0.923. The smallest absolute Gasteiger partial charge is 0.187 e. The summed E-state index contributed by atoms with van der Waals surface area (Å²) in [5.74, 6) is 0.473. The van der Waals surface area contributed by atoms with Gasteiger partial charge in [0.1, 0.15) is 48.5 Å². The number of hydrogen-bond donors (Lipinski definition) is 8. The third-order valence-corrected chi connectivity index (χ3v) is 14.6. The van der Waals surface area contributed by atoms with Crippen LogP contribution in [0.4, 0.5) is 0 Å².